The zero-order valence-corrected chi connectivity index (χ0v) is 9.27. The van der Waals surface area contributed by atoms with Crippen LogP contribution >= 0.6 is 0 Å². The van der Waals surface area contributed by atoms with Crippen LogP contribution in [0.25, 0.3) is 0 Å². The van der Waals surface area contributed by atoms with E-state index in [1.165, 1.54) is 4.90 Å². The van der Waals surface area contributed by atoms with Crippen molar-refractivity contribution in [3.05, 3.63) is 0 Å². The molecule has 0 saturated heterocycles. The summed E-state index contributed by atoms with van der Waals surface area (Å²) >= 11 is 0. The van der Waals surface area contributed by atoms with Gasteiger partial charge >= 0.3 is 12.3 Å². The maximum Gasteiger partial charge on any atom is 0.319 e. The van der Waals surface area contributed by atoms with Crippen LogP contribution in [0, 0.1) is 0 Å². The Morgan fingerprint density at radius 2 is 1.94 bits per heavy atom. The molecule has 0 bridgehead atoms. The predicted octanol–water partition coefficient (Wildman–Crippen LogP) is 1.34. The molecule has 0 spiro atoms. The third-order valence-electron chi connectivity index (χ3n) is 1.92. The highest BCUT2D eigenvalue weighted by Crippen LogP contribution is 2.21. The maximum atomic E-state index is 12.4. The summed E-state index contributed by atoms with van der Waals surface area (Å²) in [4.78, 5) is 12.4. The van der Waals surface area contributed by atoms with Gasteiger partial charge in [0.25, 0.3) is 0 Å². The molecule has 16 heavy (non-hydrogen) atoms. The van der Waals surface area contributed by atoms with Crippen LogP contribution in [0.3, 0.4) is 0 Å². The Kier molecular flexibility index (Phi) is 6.32. The number of nitrogens with zero attached hydrogens (tertiary/aromatic N) is 1. The molecule has 1 amide bonds. The number of rotatable bonds is 7. The van der Waals surface area contributed by atoms with Gasteiger partial charge in [0.1, 0.15) is 0 Å². The van der Waals surface area contributed by atoms with Gasteiger partial charge < -0.3 is 10.2 Å². The summed E-state index contributed by atoms with van der Waals surface area (Å²) in [6.45, 7) is -0.956. The number of halogens is 4. The van der Waals surface area contributed by atoms with Crippen molar-refractivity contribution < 1.29 is 22.4 Å². The summed E-state index contributed by atoms with van der Waals surface area (Å²) < 4.78 is 48.2. The molecule has 0 aromatic heterocycles. The molecule has 0 aliphatic rings. The summed E-state index contributed by atoms with van der Waals surface area (Å²) in [5.74, 6) is -4.13. The molecule has 7 heteroatoms. The fourth-order valence-corrected chi connectivity index (χ4v) is 0.920. The van der Waals surface area contributed by atoms with Crippen LogP contribution in [0.4, 0.5) is 17.6 Å². The van der Waals surface area contributed by atoms with E-state index in [-0.39, 0.29) is 18.9 Å². The average molecular weight is 244 g/mol. The van der Waals surface area contributed by atoms with Crippen LogP contribution in [0.2, 0.25) is 0 Å². The fourth-order valence-electron chi connectivity index (χ4n) is 0.920. The molecule has 0 fully saturated rings. The average Bonchev–Trinajstić information content (AvgIpc) is 2.16. The second-order valence-electron chi connectivity index (χ2n) is 3.63. The van der Waals surface area contributed by atoms with Crippen LogP contribution < -0.4 is 5.32 Å². The van der Waals surface area contributed by atoms with Crippen LogP contribution in [0.15, 0.2) is 0 Å². The Labute approximate surface area is 91.8 Å². The van der Waals surface area contributed by atoms with Gasteiger partial charge in [0.15, 0.2) is 0 Å². The Bertz CT molecular complexity index is 222. The number of nitrogens with one attached hydrogen (secondary N) is 1. The summed E-state index contributed by atoms with van der Waals surface area (Å²) in [6.07, 6.45) is -3.11. The largest absolute Gasteiger partial charge is 0.349 e. The number of amides is 1. The van der Waals surface area contributed by atoms with Gasteiger partial charge in [-0.05, 0) is 13.0 Å². The van der Waals surface area contributed by atoms with E-state index in [0.717, 1.165) is 0 Å². The summed E-state index contributed by atoms with van der Waals surface area (Å²) in [5.41, 5.74) is 0. The minimum atomic E-state index is -4.01. The zero-order chi connectivity index (χ0) is 12.8. The van der Waals surface area contributed by atoms with Crippen molar-refractivity contribution in [3.63, 3.8) is 0 Å². The van der Waals surface area contributed by atoms with E-state index >= 15 is 0 Å². The Morgan fingerprint density at radius 1 is 1.38 bits per heavy atom. The third-order valence-corrected chi connectivity index (χ3v) is 1.92. The van der Waals surface area contributed by atoms with Gasteiger partial charge in [-0.2, -0.15) is 8.78 Å². The predicted molar refractivity (Wildman–Crippen MR) is 51.7 cm³/mol. The molecule has 3 nitrogen and oxygen atoms in total. The lowest BCUT2D eigenvalue weighted by molar-refractivity contribution is -0.129. The Hall–Kier alpha value is -0.850. The summed E-state index contributed by atoms with van der Waals surface area (Å²) in [6, 6.07) is 0. The molecule has 0 aromatic rings. The van der Waals surface area contributed by atoms with Crippen molar-refractivity contribution in [2.45, 2.75) is 25.2 Å². The maximum absolute atomic E-state index is 12.4. The van der Waals surface area contributed by atoms with Gasteiger partial charge in [-0.1, -0.05) is 0 Å². The summed E-state index contributed by atoms with van der Waals surface area (Å²) in [5, 5.41) is 2.20. The topological polar surface area (TPSA) is 32.3 Å². The second-order valence-corrected chi connectivity index (χ2v) is 3.63. The minimum absolute atomic E-state index is 0.113. The molecule has 0 atom stereocenters. The molecular weight excluding hydrogens is 228 g/mol. The minimum Gasteiger partial charge on any atom is -0.349 e. The smallest absolute Gasteiger partial charge is 0.319 e. The lowest BCUT2D eigenvalue weighted by atomic mass is 10.2. The molecule has 0 aromatic carbocycles. The lowest BCUT2D eigenvalue weighted by Crippen LogP contribution is -2.39. The molecule has 0 heterocycles. The van der Waals surface area contributed by atoms with Crippen LogP contribution in [0.1, 0.15) is 12.8 Å². The Balaban J connectivity index is 3.58. The van der Waals surface area contributed by atoms with Gasteiger partial charge in [-0.25, -0.2) is 8.78 Å². The molecular formula is C9H16F4N2O. The SMILES string of the molecule is CN(C)C(=O)CCCNCC(F)(F)C(F)F. The van der Waals surface area contributed by atoms with Crippen molar-refractivity contribution in [2.75, 3.05) is 27.2 Å². The first-order valence-corrected chi connectivity index (χ1v) is 4.84. The van der Waals surface area contributed by atoms with Gasteiger partial charge in [-0.3, -0.25) is 4.79 Å². The number of carbonyl (C=O) groups is 1. The molecule has 0 unspecified atom stereocenters. The monoisotopic (exact) mass is 244 g/mol. The van der Waals surface area contributed by atoms with Crippen molar-refractivity contribution in [2.24, 2.45) is 0 Å². The van der Waals surface area contributed by atoms with Crippen molar-refractivity contribution in [3.8, 4) is 0 Å². The van der Waals surface area contributed by atoms with Crippen LogP contribution in [-0.4, -0.2) is 50.3 Å². The Morgan fingerprint density at radius 3 is 2.38 bits per heavy atom. The van der Waals surface area contributed by atoms with E-state index in [9.17, 15) is 22.4 Å². The molecule has 0 aliphatic heterocycles. The number of carbonyl (C=O) groups excluding carboxylic acids is 1. The van der Waals surface area contributed by atoms with Crippen LogP contribution in [0.5, 0.6) is 0 Å². The second kappa shape index (κ2) is 6.67. The lowest BCUT2D eigenvalue weighted by Gasteiger charge is -2.16. The quantitative estimate of drug-likeness (QED) is 0.541. The zero-order valence-electron chi connectivity index (χ0n) is 9.27. The molecule has 96 valence electrons. The van der Waals surface area contributed by atoms with Gasteiger partial charge in [-0.15, -0.1) is 0 Å². The van der Waals surface area contributed by atoms with Crippen molar-refractivity contribution in [1.82, 2.24) is 10.2 Å². The standard InChI is InChI=1S/C9H16F4N2O/c1-15(2)7(16)4-3-5-14-6-9(12,13)8(10)11/h8,14H,3-6H2,1-2H3. The molecule has 1 N–H and O–H groups in total. The number of hydrogen-bond acceptors (Lipinski definition) is 2. The fraction of sp³-hybridized carbons (Fsp3) is 0.889. The number of hydrogen-bond donors (Lipinski definition) is 1. The van der Waals surface area contributed by atoms with Crippen molar-refractivity contribution in [1.29, 1.82) is 0 Å². The van der Waals surface area contributed by atoms with Crippen molar-refractivity contribution >= 4 is 5.91 Å². The van der Waals surface area contributed by atoms with E-state index in [1.54, 1.807) is 14.1 Å². The highest BCUT2D eigenvalue weighted by Gasteiger charge is 2.39. The summed E-state index contributed by atoms with van der Waals surface area (Å²) in [7, 11) is 3.17. The number of alkyl halides is 4. The highest BCUT2D eigenvalue weighted by atomic mass is 19.3. The van der Waals surface area contributed by atoms with E-state index in [4.69, 9.17) is 0 Å². The third kappa shape index (κ3) is 5.89. The first-order valence-electron chi connectivity index (χ1n) is 4.84. The van der Waals surface area contributed by atoms with E-state index < -0.39 is 18.9 Å². The molecule has 0 aliphatic carbocycles. The van der Waals surface area contributed by atoms with Gasteiger partial charge in [0.2, 0.25) is 5.91 Å². The van der Waals surface area contributed by atoms with E-state index in [1.807, 2.05) is 0 Å². The highest BCUT2D eigenvalue weighted by molar-refractivity contribution is 5.75. The van der Waals surface area contributed by atoms with Gasteiger partial charge in [0.05, 0.1) is 6.54 Å². The first-order chi connectivity index (χ1) is 7.27. The molecule has 0 rings (SSSR count). The molecule has 0 saturated carbocycles. The van der Waals surface area contributed by atoms with Gasteiger partial charge in [0, 0.05) is 20.5 Å². The van der Waals surface area contributed by atoms with E-state index in [0.29, 0.717) is 6.42 Å². The van der Waals surface area contributed by atoms with E-state index in [2.05, 4.69) is 5.32 Å². The molecule has 0 radical (unpaired) electrons. The van der Waals surface area contributed by atoms with Crippen LogP contribution in [-0.2, 0) is 4.79 Å². The first kappa shape index (κ1) is 15.2. The normalized spacial score (nSPS) is 11.9.